The molecule has 0 unspecified atom stereocenters. The summed E-state index contributed by atoms with van der Waals surface area (Å²) in [6.45, 7) is 0. The van der Waals surface area contributed by atoms with Gasteiger partial charge in [-0.05, 0) is 94.2 Å². The third-order valence-corrected chi connectivity index (χ3v) is 12.5. The summed E-state index contributed by atoms with van der Waals surface area (Å²) in [5, 5.41) is 7.05. The maximum absolute atomic E-state index is 6.63. The van der Waals surface area contributed by atoms with Gasteiger partial charge in [0.25, 0.3) is 0 Å². The van der Waals surface area contributed by atoms with Gasteiger partial charge in [-0.25, -0.2) is 4.98 Å². The Kier molecular flexibility index (Phi) is 7.37. The fraction of sp³-hybridized carbons (Fsp3) is 0. The molecule has 0 N–H and O–H groups in total. The molecule has 0 saturated heterocycles. The van der Waals surface area contributed by atoms with E-state index < -0.39 is 0 Å². The van der Waals surface area contributed by atoms with Crippen LogP contribution in [0, 0.1) is 0 Å². The average Bonchev–Trinajstić information content (AvgIpc) is 4.00. The van der Waals surface area contributed by atoms with Crippen LogP contribution in [0.1, 0.15) is 0 Å². The summed E-state index contributed by atoms with van der Waals surface area (Å²) >= 11 is 1.84. The average molecular weight is 761 g/mol. The largest absolute Gasteiger partial charge is 0.455 e. The number of oxazole rings is 1. The summed E-state index contributed by atoms with van der Waals surface area (Å²) in [7, 11) is 0. The number of para-hydroxylation sites is 1. The third kappa shape index (κ3) is 5.25. The Hall–Kier alpha value is -7.47. The third-order valence-electron chi connectivity index (χ3n) is 11.3. The molecular formula is C53H32N2O2S. The van der Waals surface area contributed by atoms with Crippen LogP contribution >= 0.6 is 11.3 Å². The van der Waals surface area contributed by atoms with Crippen molar-refractivity contribution in [3.63, 3.8) is 0 Å². The molecule has 0 radical (unpaired) electrons. The normalized spacial score (nSPS) is 11.8. The zero-order valence-corrected chi connectivity index (χ0v) is 31.9. The van der Waals surface area contributed by atoms with Gasteiger partial charge in [0.2, 0.25) is 5.89 Å². The van der Waals surface area contributed by atoms with Gasteiger partial charge in [0.15, 0.2) is 5.58 Å². The quantitative estimate of drug-likeness (QED) is 0.169. The zero-order chi connectivity index (χ0) is 38.2. The number of nitrogens with zero attached hydrogens (tertiary/aromatic N) is 2. The molecule has 0 saturated carbocycles. The minimum absolute atomic E-state index is 0.600. The molecule has 0 bridgehead atoms. The van der Waals surface area contributed by atoms with E-state index >= 15 is 0 Å². The van der Waals surface area contributed by atoms with E-state index in [2.05, 4.69) is 157 Å². The molecule has 5 heteroatoms. The minimum Gasteiger partial charge on any atom is -0.455 e. The second kappa shape index (κ2) is 13.1. The van der Waals surface area contributed by atoms with Crippen molar-refractivity contribution >= 4 is 92.4 Å². The van der Waals surface area contributed by atoms with E-state index in [-0.39, 0.29) is 0 Å². The summed E-state index contributed by atoms with van der Waals surface area (Å²) in [5.41, 5.74) is 11.9. The van der Waals surface area contributed by atoms with Gasteiger partial charge in [0, 0.05) is 53.7 Å². The highest BCUT2D eigenvalue weighted by Gasteiger charge is 2.20. The van der Waals surface area contributed by atoms with Crippen LogP contribution in [0.4, 0.5) is 17.1 Å². The van der Waals surface area contributed by atoms with Crippen molar-refractivity contribution in [1.82, 2.24) is 4.98 Å². The van der Waals surface area contributed by atoms with Gasteiger partial charge < -0.3 is 13.7 Å². The number of hydrogen-bond acceptors (Lipinski definition) is 5. The Balaban J connectivity index is 0.964. The summed E-state index contributed by atoms with van der Waals surface area (Å²) < 4.78 is 15.4. The Morgan fingerprint density at radius 1 is 0.414 bits per heavy atom. The van der Waals surface area contributed by atoms with Gasteiger partial charge in [-0.1, -0.05) is 127 Å². The van der Waals surface area contributed by atoms with Gasteiger partial charge in [0.05, 0.1) is 5.39 Å². The molecule has 0 aliphatic carbocycles. The van der Waals surface area contributed by atoms with E-state index in [1.807, 2.05) is 53.8 Å². The maximum atomic E-state index is 6.63. The second-order valence-corrected chi connectivity index (χ2v) is 15.8. The molecule has 0 spiro atoms. The first-order valence-electron chi connectivity index (χ1n) is 19.4. The first-order chi connectivity index (χ1) is 28.7. The van der Waals surface area contributed by atoms with Crippen molar-refractivity contribution in [1.29, 1.82) is 0 Å². The lowest BCUT2D eigenvalue weighted by Crippen LogP contribution is -2.09. The standard InChI is InChI=1S/C53H32N2O2S/c1-2-11-36(12-3-1)53-54-51-47(57-53)31-30-46-50(51)45-18-9-17-42(52(45)56-46)35-22-26-38(27-23-35)55(39-28-29-44-43-15-6-7-19-48(43)58-49(44)32-39)37-24-20-34(21-25-37)41-16-8-13-33-10-4-5-14-40(33)41/h1-32H. The fourth-order valence-electron chi connectivity index (χ4n) is 8.56. The highest BCUT2D eigenvalue weighted by Crippen LogP contribution is 2.44. The molecule has 272 valence electrons. The van der Waals surface area contributed by atoms with E-state index in [1.165, 1.54) is 42.1 Å². The SMILES string of the molecule is c1ccc(-c2nc3c(ccc4oc5c(-c6ccc(N(c7ccc(-c8cccc9ccccc89)cc7)c7ccc8c(c7)sc7ccccc78)cc6)cccc5c43)o2)cc1. The highest BCUT2D eigenvalue weighted by molar-refractivity contribution is 7.25. The summed E-state index contributed by atoms with van der Waals surface area (Å²) in [6.07, 6.45) is 0. The van der Waals surface area contributed by atoms with Gasteiger partial charge in [-0.2, -0.15) is 0 Å². The van der Waals surface area contributed by atoms with Crippen LogP contribution in [0.5, 0.6) is 0 Å². The molecule has 0 amide bonds. The Bertz CT molecular complexity index is 3500. The van der Waals surface area contributed by atoms with E-state index in [0.717, 1.165) is 66.8 Å². The first kappa shape index (κ1) is 32.7. The van der Waals surface area contributed by atoms with Crippen molar-refractivity contribution < 1.29 is 8.83 Å². The van der Waals surface area contributed by atoms with Crippen molar-refractivity contribution in [3.8, 4) is 33.7 Å². The Morgan fingerprint density at radius 2 is 1.03 bits per heavy atom. The van der Waals surface area contributed by atoms with Crippen LogP contribution in [0.25, 0.3) is 97.7 Å². The zero-order valence-electron chi connectivity index (χ0n) is 31.1. The van der Waals surface area contributed by atoms with Gasteiger partial charge in [-0.3, -0.25) is 0 Å². The number of rotatable bonds is 6. The molecule has 3 aromatic heterocycles. The molecule has 3 heterocycles. The summed E-state index contributed by atoms with van der Waals surface area (Å²) in [4.78, 5) is 7.32. The second-order valence-electron chi connectivity index (χ2n) is 14.7. The van der Waals surface area contributed by atoms with E-state index in [1.54, 1.807) is 0 Å². The maximum Gasteiger partial charge on any atom is 0.227 e. The van der Waals surface area contributed by atoms with E-state index in [0.29, 0.717) is 5.89 Å². The summed E-state index contributed by atoms with van der Waals surface area (Å²) in [5.74, 6) is 0.600. The molecule has 0 atom stereocenters. The van der Waals surface area contributed by atoms with Crippen LogP contribution in [-0.2, 0) is 0 Å². The predicted molar refractivity (Wildman–Crippen MR) is 243 cm³/mol. The number of thiophene rings is 1. The van der Waals surface area contributed by atoms with Gasteiger partial charge in [-0.15, -0.1) is 11.3 Å². The number of furan rings is 1. The molecule has 58 heavy (non-hydrogen) atoms. The Morgan fingerprint density at radius 3 is 1.86 bits per heavy atom. The molecule has 4 nitrogen and oxygen atoms in total. The van der Waals surface area contributed by atoms with Crippen molar-refractivity contribution in [2.75, 3.05) is 4.90 Å². The first-order valence-corrected chi connectivity index (χ1v) is 20.3. The number of aromatic nitrogens is 1. The van der Waals surface area contributed by atoms with Crippen LogP contribution in [0.15, 0.2) is 203 Å². The number of anilines is 3. The smallest absolute Gasteiger partial charge is 0.227 e. The van der Waals surface area contributed by atoms with Crippen molar-refractivity contribution in [2.24, 2.45) is 0 Å². The molecule has 12 aromatic rings. The van der Waals surface area contributed by atoms with E-state index in [4.69, 9.17) is 13.8 Å². The molecule has 9 aromatic carbocycles. The van der Waals surface area contributed by atoms with Crippen molar-refractivity contribution in [2.45, 2.75) is 0 Å². The van der Waals surface area contributed by atoms with Gasteiger partial charge >= 0.3 is 0 Å². The predicted octanol–water partition coefficient (Wildman–Crippen LogP) is 15.7. The van der Waals surface area contributed by atoms with Crippen LogP contribution in [-0.4, -0.2) is 4.98 Å². The van der Waals surface area contributed by atoms with Crippen LogP contribution in [0.2, 0.25) is 0 Å². The lowest BCUT2D eigenvalue weighted by molar-refractivity contribution is 0.619. The Labute approximate surface area is 337 Å². The fourth-order valence-corrected chi connectivity index (χ4v) is 9.70. The summed E-state index contributed by atoms with van der Waals surface area (Å²) in [6, 6.07) is 68.7. The number of hydrogen-bond donors (Lipinski definition) is 0. The molecule has 12 rings (SSSR count). The minimum atomic E-state index is 0.600. The lowest BCUT2D eigenvalue weighted by atomic mass is 9.98. The molecule has 0 aliphatic rings. The monoisotopic (exact) mass is 760 g/mol. The van der Waals surface area contributed by atoms with Crippen LogP contribution < -0.4 is 4.90 Å². The van der Waals surface area contributed by atoms with Crippen molar-refractivity contribution in [3.05, 3.63) is 194 Å². The number of fused-ring (bicyclic) bond motifs is 9. The molecule has 0 aliphatic heterocycles. The highest BCUT2D eigenvalue weighted by atomic mass is 32.1. The van der Waals surface area contributed by atoms with Crippen LogP contribution in [0.3, 0.4) is 0 Å². The topological polar surface area (TPSA) is 42.4 Å². The number of benzene rings is 9. The molecular weight excluding hydrogens is 729 g/mol. The van der Waals surface area contributed by atoms with Gasteiger partial charge in [0.1, 0.15) is 16.7 Å². The lowest BCUT2D eigenvalue weighted by Gasteiger charge is -2.26. The van der Waals surface area contributed by atoms with E-state index in [9.17, 15) is 0 Å². The molecule has 0 fully saturated rings.